The van der Waals surface area contributed by atoms with E-state index in [1.807, 2.05) is 84.9 Å². The Balaban J connectivity index is 1.41. The molecule has 0 saturated carbocycles. The highest BCUT2D eigenvalue weighted by Gasteiger charge is 2.28. The fourth-order valence-electron chi connectivity index (χ4n) is 2.97. The third-order valence-corrected chi connectivity index (χ3v) is 5.58. The maximum absolute atomic E-state index is 12.4. The number of para-hydroxylation sites is 1. The van der Waals surface area contributed by atoms with Gasteiger partial charge in [0.2, 0.25) is 0 Å². The number of carbonyl (C=O) groups excluding carboxylic acids is 1. The average Bonchev–Trinajstić information content (AvgIpc) is 3.28. The van der Waals surface area contributed by atoms with Gasteiger partial charge in [-0.1, -0.05) is 72.8 Å². The van der Waals surface area contributed by atoms with Crippen molar-refractivity contribution in [1.82, 2.24) is 0 Å². The standard InChI is InChI=1S/C24H21NO3S/c26-24(28-16-19-11-5-2-6-12-19)21-17-29-23(25-21)20-13-7-8-14-22(20)27-15-18-9-3-1-4-10-18/h1-14,21H,15-17H2/t21-/m1/s1. The van der Waals surface area contributed by atoms with Gasteiger partial charge in [0.05, 0.1) is 0 Å². The second kappa shape index (κ2) is 9.43. The maximum atomic E-state index is 12.4. The maximum Gasteiger partial charge on any atom is 0.332 e. The molecule has 4 rings (SSSR count). The number of carbonyl (C=O) groups is 1. The van der Waals surface area contributed by atoms with Crippen molar-refractivity contribution in [3.05, 3.63) is 102 Å². The molecule has 29 heavy (non-hydrogen) atoms. The van der Waals surface area contributed by atoms with E-state index in [0.717, 1.165) is 27.5 Å². The zero-order valence-electron chi connectivity index (χ0n) is 15.9. The number of ether oxygens (including phenoxy) is 2. The highest BCUT2D eigenvalue weighted by Crippen LogP contribution is 2.30. The summed E-state index contributed by atoms with van der Waals surface area (Å²) < 4.78 is 11.5. The lowest BCUT2D eigenvalue weighted by atomic mass is 10.2. The molecule has 1 atom stereocenters. The van der Waals surface area contributed by atoms with Gasteiger partial charge < -0.3 is 9.47 Å². The van der Waals surface area contributed by atoms with Crippen molar-refractivity contribution in [2.45, 2.75) is 19.3 Å². The number of hydrogen-bond donors (Lipinski definition) is 0. The molecule has 0 aromatic heterocycles. The molecule has 1 heterocycles. The first-order chi connectivity index (χ1) is 14.3. The number of thioether (sulfide) groups is 1. The topological polar surface area (TPSA) is 47.9 Å². The molecule has 0 spiro atoms. The molecule has 4 nitrogen and oxygen atoms in total. The lowest BCUT2D eigenvalue weighted by Gasteiger charge is -2.11. The molecule has 0 N–H and O–H groups in total. The van der Waals surface area contributed by atoms with Crippen molar-refractivity contribution in [2.75, 3.05) is 5.75 Å². The first-order valence-corrected chi connectivity index (χ1v) is 10.5. The minimum absolute atomic E-state index is 0.266. The van der Waals surface area contributed by atoms with Gasteiger partial charge in [-0.3, -0.25) is 4.99 Å². The minimum Gasteiger partial charge on any atom is -0.488 e. The SMILES string of the molecule is O=C(OCc1ccccc1)[C@H]1CSC(c2ccccc2OCc2ccccc2)=N1. The van der Waals surface area contributed by atoms with Gasteiger partial charge in [-0.05, 0) is 23.3 Å². The first-order valence-electron chi connectivity index (χ1n) is 9.47. The lowest BCUT2D eigenvalue weighted by Crippen LogP contribution is -2.21. The van der Waals surface area contributed by atoms with Crippen molar-refractivity contribution in [2.24, 2.45) is 4.99 Å². The third-order valence-electron chi connectivity index (χ3n) is 4.50. The fraction of sp³-hybridized carbons (Fsp3) is 0.167. The molecule has 0 unspecified atom stereocenters. The Bertz CT molecular complexity index is 989. The fourth-order valence-corrected chi connectivity index (χ4v) is 4.02. The lowest BCUT2D eigenvalue weighted by molar-refractivity contribution is -0.145. The van der Waals surface area contributed by atoms with E-state index >= 15 is 0 Å². The zero-order chi connectivity index (χ0) is 19.9. The van der Waals surface area contributed by atoms with Gasteiger partial charge in [-0.2, -0.15) is 0 Å². The molecule has 0 saturated heterocycles. The van der Waals surface area contributed by atoms with Crippen LogP contribution in [0.25, 0.3) is 0 Å². The summed E-state index contributed by atoms with van der Waals surface area (Å²) in [5, 5.41) is 0.815. The first kappa shape index (κ1) is 19.3. The highest BCUT2D eigenvalue weighted by molar-refractivity contribution is 8.14. The minimum atomic E-state index is -0.485. The van der Waals surface area contributed by atoms with Crippen LogP contribution in [0.1, 0.15) is 16.7 Å². The van der Waals surface area contributed by atoms with Crippen LogP contribution in [0.15, 0.2) is 89.9 Å². The molecule has 1 aliphatic heterocycles. The number of hydrogen-bond acceptors (Lipinski definition) is 5. The van der Waals surface area contributed by atoms with Crippen LogP contribution in [0.3, 0.4) is 0 Å². The molecule has 3 aromatic rings. The smallest absolute Gasteiger partial charge is 0.332 e. The summed E-state index contributed by atoms with van der Waals surface area (Å²) in [6, 6.07) is 27.0. The monoisotopic (exact) mass is 403 g/mol. The summed E-state index contributed by atoms with van der Waals surface area (Å²) in [5.74, 6) is 1.05. The molecular weight excluding hydrogens is 382 g/mol. The van der Waals surface area contributed by atoms with Crippen LogP contribution < -0.4 is 4.74 Å². The third kappa shape index (κ3) is 5.06. The van der Waals surface area contributed by atoms with Gasteiger partial charge in [0.25, 0.3) is 0 Å². The van der Waals surface area contributed by atoms with E-state index in [9.17, 15) is 4.79 Å². The van der Waals surface area contributed by atoms with Crippen molar-refractivity contribution < 1.29 is 14.3 Å². The summed E-state index contributed by atoms with van der Waals surface area (Å²) in [4.78, 5) is 17.0. The summed E-state index contributed by atoms with van der Waals surface area (Å²) in [6.45, 7) is 0.751. The van der Waals surface area contributed by atoms with Gasteiger partial charge in [0, 0.05) is 11.3 Å². The molecule has 3 aromatic carbocycles. The predicted octanol–water partition coefficient (Wildman–Crippen LogP) is 4.87. The number of esters is 1. The van der Waals surface area contributed by atoms with Crippen LogP contribution in [0.5, 0.6) is 5.75 Å². The zero-order valence-corrected chi connectivity index (χ0v) is 16.7. The van der Waals surface area contributed by atoms with Gasteiger partial charge in [0.1, 0.15) is 24.0 Å². The van der Waals surface area contributed by atoms with E-state index in [-0.39, 0.29) is 12.6 Å². The highest BCUT2D eigenvalue weighted by atomic mass is 32.2. The average molecular weight is 404 g/mol. The van der Waals surface area contributed by atoms with Crippen molar-refractivity contribution in [3.63, 3.8) is 0 Å². The molecule has 0 amide bonds. The largest absolute Gasteiger partial charge is 0.488 e. The normalized spacial score (nSPS) is 15.6. The predicted molar refractivity (Wildman–Crippen MR) is 116 cm³/mol. The van der Waals surface area contributed by atoms with E-state index in [2.05, 4.69) is 4.99 Å². The Hall–Kier alpha value is -3.05. The molecule has 0 fully saturated rings. The van der Waals surface area contributed by atoms with Gasteiger partial charge in [0.15, 0.2) is 6.04 Å². The Morgan fingerprint density at radius 1 is 0.862 bits per heavy atom. The van der Waals surface area contributed by atoms with Crippen molar-refractivity contribution in [3.8, 4) is 5.75 Å². The summed E-state index contributed by atoms with van der Waals surface area (Å²) in [5.41, 5.74) is 2.98. The van der Waals surface area contributed by atoms with Crippen molar-refractivity contribution >= 4 is 22.8 Å². The molecule has 0 radical (unpaired) electrons. The molecule has 0 aliphatic carbocycles. The van der Waals surface area contributed by atoms with Crippen LogP contribution in [0.2, 0.25) is 0 Å². The van der Waals surface area contributed by atoms with Crippen molar-refractivity contribution in [1.29, 1.82) is 0 Å². The molecule has 5 heteroatoms. The Labute approximate surface area is 174 Å². The van der Waals surface area contributed by atoms with E-state index < -0.39 is 6.04 Å². The van der Waals surface area contributed by atoms with E-state index in [0.29, 0.717) is 12.4 Å². The number of nitrogens with zero attached hydrogens (tertiary/aromatic N) is 1. The van der Waals surface area contributed by atoms with E-state index in [4.69, 9.17) is 9.47 Å². The van der Waals surface area contributed by atoms with Crippen LogP contribution in [0.4, 0.5) is 0 Å². The summed E-state index contributed by atoms with van der Waals surface area (Å²) in [7, 11) is 0. The quantitative estimate of drug-likeness (QED) is 0.528. The second-order valence-electron chi connectivity index (χ2n) is 6.62. The van der Waals surface area contributed by atoms with Crippen LogP contribution in [-0.2, 0) is 22.7 Å². The number of rotatable bonds is 7. The Morgan fingerprint density at radius 3 is 2.21 bits per heavy atom. The van der Waals surface area contributed by atoms with Crippen LogP contribution >= 0.6 is 11.8 Å². The number of benzene rings is 3. The summed E-state index contributed by atoms with van der Waals surface area (Å²) >= 11 is 1.56. The van der Waals surface area contributed by atoms with Crippen LogP contribution in [-0.4, -0.2) is 22.8 Å². The van der Waals surface area contributed by atoms with Gasteiger partial charge in [-0.15, -0.1) is 11.8 Å². The van der Waals surface area contributed by atoms with Crippen LogP contribution in [0, 0.1) is 0 Å². The second-order valence-corrected chi connectivity index (χ2v) is 7.63. The van der Waals surface area contributed by atoms with Gasteiger partial charge in [-0.25, -0.2) is 4.79 Å². The molecule has 0 bridgehead atoms. The molecular formula is C24H21NO3S. The van der Waals surface area contributed by atoms with E-state index in [1.165, 1.54) is 0 Å². The summed E-state index contributed by atoms with van der Waals surface area (Å²) in [6.07, 6.45) is 0. The molecule has 1 aliphatic rings. The Morgan fingerprint density at radius 2 is 1.48 bits per heavy atom. The van der Waals surface area contributed by atoms with E-state index in [1.54, 1.807) is 11.8 Å². The Kier molecular flexibility index (Phi) is 6.27. The number of aliphatic imine (C=N–C) groups is 1. The van der Waals surface area contributed by atoms with Gasteiger partial charge >= 0.3 is 5.97 Å². The molecule has 146 valence electrons.